The van der Waals surface area contributed by atoms with Crippen molar-refractivity contribution >= 4 is 16.7 Å². The Balaban J connectivity index is 2.36. The lowest BCUT2D eigenvalue weighted by atomic mass is 9.99. The summed E-state index contributed by atoms with van der Waals surface area (Å²) in [6.45, 7) is 1.79. The molecule has 0 saturated carbocycles. The van der Waals surface area contributed by atoms with Gasteiger partial charge in [0.1, 0.15) is 6.10 Å². The van der Waals surface area contributed by atoms with Gasteiger partial charge in [0, 0.05) is 17.8 Å². The van der Waals surface area contributed by atoms with Gasteiger partial charge in [-0.1, -0.05) is 18.2 Å². The molecule has 0 aliphatic rings. The van der Waals surface area contributed by atoms with Crippen LogP contribution >= 0.6 is 0 Å². The fourth-order valence-electron chi connectivity index (χ4n) is 1.92. The summed E-state index contributed by atoms with van der Waals surface area (Å²) in [5, 5.41) is 21.5. The van der Waals surface area contributed by atoms with Crippen molar-refractivity contribution in [1.29, 1.82) is 0 Å². The Morgan fingerprint density at radius 3 is 2.89 bits per heavy atom. The first-order valence-electron chi connectivity index (χ1n) is 6.00. The molecule has 2 atom stereocenters. The largest absolute Gasteiger partial charge is 0.464 e. The van der Waals surface area contributed by atoms with Crippen molar-refractivity contribution in [1.82, 2.24) is 4.98 Å². The summed E-state index contributed by atoms with van der Waals surface area (Å²) >= 11 is 0. The molecule has 2 aromatic rings. The Hall–Kier alpha value is -1.98. The molecule has 1 aromatic carbocycles. The second kappa shape index (κ2) is 5.77. The van der Waals surface area contributed by atoms with E-state index in [9.17, 15) is 15.0 Å². The van der Waals surface area contributed by atoms with Crippen LogP contribution in [-0.4, -0.2) is 33.9 Å². The van der Waals surface area contributed by atoms with Gasteiger partial charge in [-0.2, -0.15) is 0 Å². The number of hydrogen-bond donors (Lipinski definition) is 2. The second-order valence-corrected chi connectivity index (χ2v) is 4.09. The van der Waals surface area contributed by atoms with Crippen LogP contribution in [-0.2, 0) is 9.53 Å². The minimum atomic E-state index is -1.61. The van der Waals surface area contributed by atoms with Crippen LogP contribution in [0.3, 0.4) is 0 Å². The van der Waals surface area contributed by atoms with Crippen LogP contribution < -0.4 is 0 Å². The Morgan fingerprint density at radius 2 is 2.16 bits per heavy atom. The number of esters is 1. The minimum absolute atomic E-state index is 0.152. The Morgan fingerprint density at radius 1 is 1.37 bits per heavy atom. The highest BCUT2D eigenvalue weighted by molar-refractivity contribution is 5.86. The highest BCUT2D eigenvalue weighted by Gasteiger charge is 2.27. The Labute approximate surface area is 110 Å². The van der Waals surface area contributed by atoms with Crippen molar-refractivity contribution in [3.63, 3.8) is 0 Å². The normalized spacial score (nSPS) is 14.1. The van der Waals surface area contributed by atoms with E-state index in [1.807, 2.05) is 6.07 Å². The summed E-state index contributed by atoms with van der Waals surface area (Å²) in [5.41, 5.74) is 0.450. The van der Waals surface area contributed by atoms with Gasteiger partial charge in [0.05, 0.1) is 6.61 Å². The van der Waals surface area contributed by atoms with E-state index in [2.05, 4.69) is 4.98 Å². The molecular formula is C14H15NO4. The number of aromatic nitrogens is 1. The summed E-state index contributed by atoms with van der Waals surface area (Å²) in [6, 6.07) is 7.06. The average Bonchev–Trinajstić information content (AvgIpc) is 2.45. The summed E-state index contributed by atoms with van der Waals surface area (Å²) < 4.78 is 4.69. The third-order valence-corrected chi connectivity index (χ3v) is 2.86. The van der Waals surface area contributed by atoms with Gasteiger partial charge in [-0.15, -0.1) is 0 Å². The number of aliphatic hydroxyl groups excluding tert-OH is 2. The summed E-state index contributed by atoms with van der Waals surface area (Å²) in [4.78, 5) is 15.4. The van der Waals surface area contributed by atoms with Gasteiger partial charge in [-0.05, 0) is 23.9 Å². The molecule has 1 heterocycles. The lowest BCUT2D eigenvalue weighted by molar-refractivity contribution is -0.159. The molecule has 5 nitrogen and oxygen atoms in total. The first-order valence-corrected chi connectivity index (χ1v) is 6.00. The highest BCUT2D eigenvalue weighted by Crippen LogP contribution is 2.26. The molecule has 0 saturated heterocycles. The van der Waals surface area contributed by atoms with E-state index in [-0.39, 0.29) is 6.61 Å². The zero-order valence-corrected chi connectivity index (χ0v) is 10.5. The lowest BCUT2D eigenvalue weighted by Crippen LogP contribution is -2.30. The monoisotopic (exact) mass is 261 g/mol. The number of ether oxygens (including phenoxy) is 1. The molecule has 19 heavy (non-hydrogen) atoms. The zero-order valence-electron chi connectivity index (χ0n) is 10.5. The Kier molecular flexibility index (Phi) is 4.09. The van der Waals surface area contributed by atoms with Gasteiger partial charge in [0.25, 0.3) is 0 Å². The number of hydrogen-bond acceptors (Lipinski definition) is 5. The maximum atomic E-state index is 11.4. The average molecular weight is 261 g/mol. The van der Waals surface area contributed by atoms with Crippen LogP contribution in [0, 0.1) is 0 Å². The molecule has 0 aliphatic carbocycles. The molecule has 0 fully saturated rings. The third-order valence-electron chi connectivity index (χ3n) is 2.86. The van der Waals surface area contributed by atoms with E-state index >= 15 is 0 Å². The number of aliphatic hydroxyl groups is 2. The molecule has 2 N–H and O–H groups in total. The van der Waals surface area contributed by atoms with Crippen LogP contribution in [0.5, 0.6) is 0 Å². The fraction of sp³-hybridized carbons (Fsp3) is 0.286. The van der Waals surface area contributed by atoms with Crippen LogP contribution in [0.2, 0.25) is 0 Å². The van der Waals surface area contributed by atoms with E-state index < -0.39 is 18.2 Å². The van der Waals surface area contributed by atoms with Gasteiger partial charge in [0.15, 0.2) is 6.10 Å². The Bertz CT molecular complexity index is 579. The van der Waals surface area contributed by atoms with Crippen molar-refractivity contribution in [2.24, 2.45) is 0 Å². The molecule has 0 amide bonds. The molecule has 1 aromatic heterocycles. The van der Waals surface area contributed by atoms with Crippen molar-refractivity contribution in [2.75, 3.05) is 6.61 Å². The van der Waals surface area contributed by atoms with Crippen LogP contribution in [0.25, 0.3) is 10.8 Å². The number of fused-ring (bicyclic) bond motifs is 1. The van der Waals surface area contributed by atoms with Gasteiger partial charge in [-0.3, -0.25) is 4.98 Å². The molecule has 5 heteroatoms. The molecule has 0 bridgehead atoms. The fourth-order valence-corrected chi connectivity index (χ4v) is 1.92. The van der Waals surface area contributed by atoms with E-state index in [1.54, 1.807) is 37.5 Å². The summed E-state index contributed by atoms with van der Waals surface area (Å²) in [6.07, 6.45) is 0.282. The second-order valence-electron chi connectivity index (χ2n) is 4.09. The highest BCUT2D eigenvalue weighted by atomic mass is 16.5. The van der Waals surface area contributed by atoms with Crippen LogP contribution in [0.4, 0.5) is 0 Å². The number of benzene rings is 1. The van der Waals surface area contributed by atoms with E-state index in [0.717, 1.165) is 5.39 Å². The first-order chi connectivity index (χ1) is 9.15. The lowest BCUT2D eigenvalue weighted by Gasteiger charge is -2.18. The maximum absolute atomic E-state index is 11.4. The SMILES string of the molecule is CCOC(=O)C(O)C(O)c1cccc2ccncc12. The van der Waals surface area contributed by atoms with Gasteiger partial charge < -0.3 is 14.9 Å². The number of nitrogens with zero attached hydrogens (tertiary/aromatic N) is 1. The van der Waals surface area contributed by atoms with Crippen molar-refractivity contribution in [3.8, 4) is 0 Å². The first kappa shape index (κ1) is 13.5. The van der Waals surface area contributed by atoms with Crippen molar-refractivity contribution in [2.45, 2.75) is 19.1 Å². The number of rotatable bonds is 4. The topological polar surface area (TPSA) is 79.7 Å². The predicted molar refractivity (Wildman–Crippen MR) is 69.3 cm³/mol. The number of pyridine rings is 1. The summed E-state index contributed by atoms with van der Waals surface area (Å²) in [5.74, 6) is -0.837. The molecule has 2 rings (SSSR count). The minimum Gasteiger partial charge on any atom is -0.464 e. The molecule has 0 radical (unpaired) electrons. The van der Waals surface area contributed by atoms with Crippen molar-refractivity contribution in [3.05, 3.63) is 42.2 Å². The quantitative estimate of drug-likeness (QED) is 0.808. The van der Waals surface area contributed by atoms with Crippen LogP contribution in [0.1, 0.15) is 18.6 Å². The van der Waals surface area contributed by atoms with Crippen LogP contribution in [0.15, 0.2) is 36.7 Å². The molecule has 2 unspecified atom stereocenters. The smallest absolute Gasteiger partial charge is 0.338 e. The van der Waals surface area contributed by atoms with E-state index in [0.29, 0.717) is 10.9 Å². The molecule has 0 aliphatic heterocycles. The zero-order chi connectivity index (χ0) is 13.8. The molecular weight excluding hydrogens is 246 g/mol. The predicted octanol–water partition coefficient (Wildman–Crippen LogP) is 1.19. The van der Waals surface area contributed by atoms with Gasteiger partial charge in [0.2, 0.25) is 0 Å². The standard InChI is InChI=1S/C14H15NO4/c1-2-19-14(18)13(17)12(16)10-5-3-4-9-6-7-15-8-11(9)10/h3-8,12-13,16-17H,2H2,1H3. The summed E-state index contributed by atoms with van der Waals surface area (Å²) in [7, 11) is 0. The number of carbonyl (C=O) groups is 1. The third kappa shape index (κ3) is 2.72. The van der Waals surface area contributed by atoms with E-state index in [1.165, 1.54) is 0 Å². The van der Waals surface area contributed by atoms with E-state index in [4.69, 9.17) is 4.74 Å². The molecule has 100 valence electrons. The number of carbonyl (C=O) groups excluding carboxylic acids is 1. The molecule has 0 spiro atoms. The van der Waals surface area contributed by atoms with Gasteiger partial charge >= 0.3 is 5.97 Å². The van der Waals surface area contributed by atoms with Crippen molar-refractivity contribution < 1.29 is 19.7 Å². The maximum Gasteiger partial charge on any atom is 0.338 e. The van der Waals surface area contributed by atoms with Gasteiger partial charge in [-0.25, -0.2) is 4.79 Å².